The Morgan fingerprint density at radius 1 is 0.763 bits per heavy atom. The van der Waals surface area contributed by atoms with Gasteiger partial charge in [0.15, 0.2) is 5.60 Å². The maximum atomic E-state index is 14.5. The molecule has 0 radical (unpaired) electrons. The summed E-state index contributed by atoms with van der Waals surface area (Å²) in [4.78, 5) is 0. The number of hydrogen-bond donors (Lipinski definition) is 0. The van der Waals surface area contributed by atoms with Crippen molar-refractivity contribution in [2.75, 3.05) is 7.11 Å². The Morgan fingerprint density at radius 3 is 2.18 bits per heavy atom. The van der Waals surface area contributed by atoms with Gasteiger partial charge in [-0.1, -0.05) is 92.7 Å². The highest BCUT2D eigenvalue weighted by molar-refractivity contribution is 6.08. The van der Waals surface area contributed by atoms with Crippen LogP contribution in [-0.4, -0.2) is 7.11 Å². The van der Waals surface area contributed by atoms with Gasteiger partial charge in [-0.2, -0.15) is 0 Å². The van der Waals surface area contributed by atoms with Gasteiger partial charge in [0.05, 0.1) is 7.11 Å². The minimum atomic E-state index is -0.820. The summed E-state index contributed by atoms with van der Waals surface area (Å²) in [6, 6.07) is 32.0. The van der Waals surface area contributed by atoms with E-state index in [9.17, 15) is 4.39 Å². The van der Waals surface area contributed by atoms with Crippen molar-refractivity contribution in [1.29, 1.82) is 0 Å². The number of hydrogen-bond acceptors (Lipinski definition) is 2. The first-order valence-electron chi connectivity index (χ1n) is 12.9. The van der Waals surface area contributed by atoms with Gasteiger partial charge in [0.1, 0.15) is 17.3 Å². The first-order valence-corrected chi connectivity index (χ1v) is 12.9. The Hall–Kier alpha value is -4.37. The molecule has 5 aromatic carbocycles. The minimum Gasteiger partial charge on any atom is -0.497 e. The van der Waals surface area contributed by atoms with E-state index in [0.717, 1.165) is 50.1 Å². The summed E-state index contributed by atoms with van der Waals surface area (Å²) in [5, 5.41) is 2.17. The first kappa shape index (κ1) is 22.8. The molecule has 1 aliphatic carbocycles. The predicted octanol–water partition coefficient (Wildman–Crippen LogP) is 8.64. The quantitative estimate of drug-likeness (QED) is 0.248. The molecule has 0 fully saturated rings. The van der Waals surface area contributed by atoms with Crippen LogP contribution in [0.2, 0.25) is 0 Å². The average molecular weight is 499 g/mol. The van der Waals surface area contributed by atoms with Gasteiger partial charge in [-0.15, -0.1) is 0 Å². The molecule has 1 heterocycles. The monoisotopic (exact) mass is 498 g/mol. The molecule has 0 saturated carbocycles. The standard InChI is InChI=1S/C35H27FO2/c1-34(2)30-21-24(36)15-18-28(30)31-26-11-7-8-12-27(26)33-29(32(31)34)19-20-35(38-33,22-9-5-4-6-10-22)23-13-16-25(37-3)17-14-23/h4-21H,1-3H3. The number of halogens is 1. The number of methoxy groups -OCH3 is 1. The van der Waals surface area contributed by atoms with E-state index in [1.807, 2.05) is 36.4 Å². The van der Waals surface area contributed by atoms with E-state index < -0.39 is 5.60 Å². The molecule has 2 nitrogen and oxygen atoms in total. The zero-order valence-corrected chi connectivity index (χ0v) is 21.6. The van der Waals surface area contributed by atoms with Crippen LogP contribution in [0.3, 0.4) is 0 Å². The van der Waals surface area contributed by atoms with Crippen LogP contribution < -0.4 is 9.47 Å². The summed E-state index contributed by atoms with van der Waals surface area (Å²) in [5.74, 6) is 1.44. The molecule has 0 aromatic heterocycles. The molecule has 5 aromatic rings. The minimum absolute atomic E-state index is 0.211. The van der Waals surface area contributed by atoms with E-state index in [1.165, 1.54) is 11.1 Å². The van der Waals surface area contributed by atoms with Crippen molar-refractivity contribution in [2.24, 2.45) is 0 Å². The third-order valence-electron chi connectivity index (χ3n) is 8.22. The fraction of sp³-hybridized carbons (Fsp3) is 0.143. The fourth-order valence-electron chi connectivity index (χ4n) is 6.41. The molecule has 0 bridgehead atoms. The summed E-state index contributed by atoms with van der Waals surface area (Å²) >= 11 is 0. The van der Waals surface area contributed by atoms with Crippen LogP contribution in [0.5, 0.6) is 11.5 Å². The van der Waals surface area contributed by atoms with E-state index in [0.29, 0.717) is 0 Å². The van der Waals surface area contributed by atoms with Gasteiger partial charge in [-0.05, 0) is 58.0 Å². The predicted molar refractivity (Wildman–Crippen MR) is 151 cm³/mol. The van der Waals surface area contributed by atoms with Gasteiger partial charge < -0.3 is 9.47 Å². The molecular formula is C35H27FO2. The van der Waals surface area contributed by atoms with Gasteiger partial charge >= 0.3 is 0 Å². The molecular weight excluding hydrogens is 471 g/mol. The highest BCUT2D eigenvalue weighted by Gasteiger charge is 2.44. The highest BCUT2D eigenvalue weighted by Crippen LogP contribution is 2.58. The first-order chi connectivity index (χ1) is 18.4. The van der Waals surface area contributed by atoms with E-state index in [2.05, 4.69) is 74.5 Å². The molecule has 0 spiro atoms. The summed E-state index contributed by atoms with van der Waals surface area (Å²) in [5.41, 5.74) is 6.36. The van der Waals surface area contributed by atoms with Crippen LogP contribution in [0.4, 0.5) is 4.39 Å². The molecule has 1 unspecified atom stereocenters. The molecule has 7 rings (SSSR count). The van der Waals surface area contributed by atoms with Crippen LogP contribution in [0.15, 0.2) is 103 Å². The van der Waals surface area contributed by atoms with Crippen molar-refractivity contribution < 1.29 is 13.9 Å². The topological polar surface area (TPSA) is 18.5 Å². The molecule has 2 aliphatic rings. The third kappa shape index (κ3) is 3.05. The van der Waals surface area contributed by atoms with Crippen molar-refractivity contribution in [3.05, 3.63) is 137 Å². The molecule has 186 valence electrons. The number of ether oxygens (including phenoxy) is 2. The Balaban J connectivity index is 1.54. The van der Waals surface area contributed by atoms with E-state index in [4.69, 9.17) is 9.47 Å². The van der Waals surface area contributed by atoms with Gasteiger partial charge in [-0.25, -0.2) is 4.39 Å². The second-order valence-corrected chi connectivity index (χ2v) is 10.6. The second-order valence-electron chi connectivity index (χ2n) is 10.6. The van der Waals surface area contributed by atoms with Crippen molar-refractivity contribution in [3.8, 4) is 22.6 Å². The molecule has 1 atom stereocenters. The normalized spacial score (nSPS) is 18.4. The van der Waals surface area contributed by atoms with Crippen LogP contribution in [-0.2, 0) is 11.0 Å². The van der Waals surface area contributed by atoms with Crippen LogP contribution in [0.1, 0.15) is 41.7 Å². The van der Waals surface area contributed by atoms with Crippen molar-refractivity contribution in [1.82, 2.24) is 0 Å². The van der Waals surface area contributed by atoms with Gasteiger partial charge in [0, 0.05) is 27.5 Å². The lowest BCUT2D eigenvalue weighted by Crippen LogP contribution is -2.35. The number of benzene rings is 5. The average Bonchev–Trinajstić information content (AvgIpc) is 3.20. The van der Waals surface area contributed by atoms with Gasteiger partial charge in [-0.3, -0.25) is 0 Å². The van der Waals surface area contributed by atoms with Crippen LogP contribution >= 0.6 is 0 Å². The van der Waals surface area contributed by atoms with Crippen molar-refractivity contribution in [3.63, 3.8) is 0 Å². The SMILES string of the molecule is COc1ccc(C2(c3ccccc3)C=Cc3c4c(c5ccccc5c3O2)-c2ccc(F)cc2C4(C)C)cc1. The number of rotatable bonds is 3. The van der Waals surface area contributed by atoms with E-state index in [-0.39, 0.29) is 11.2 Å². The van der Waals surface area contributed by atoms with Crippen LogP contribution in [0.25, 0.3) is 28.0 Å². The molecule has 38 heavy (non-hydrogen) atoms. The molecule has 3 heteroatoms. The lowest BCUT2D eigenvalue weighted by molar-refractivity contribution is 0.163. The Kier molecular flexibility index (Phi) is 4.84. The second kappa shape index (κ2) is 8.06. The molecule has 0 saturated heterocycles. The number of fused-ring (bicyclic) bond motifs is 8. The Bertz CT molecular complexity index is 1750. The zero-order chi connectivity index (χ0) is 26.1. The Labute approximate surface area is 222 Å². The van der Waals surface area contributed by atoms with Gasteiger partial charge in [0.2, 0.25) is 0 Å². The fourth-order valence-corrected chi connectivity index (χ4v) is 6.41. The molecule has 0 N–H and O–H groups in total. The molecule has 0 amide bonds. The van der Waals surface area contributed by atoms with Crippen molar-refractivity contribution in [2.45, 2.75) is 24.9 Å². The molecule has 1 aliphatic heterocycles. The maximum Gasteiger partial charge on any atom is 0.178 e. The summed E-state index contributed by atoms with van der Waals surface area (Å²) < 4.78 is 27.1. The van der Waals surface area contributed by atoms with E-state index >= 15 is 0 Å². The third-order valence-corrected chi connectivity index (χ3v) is 8.22. The maximum absolute atomic E-state index is 14.5. The largest absolute Gasteiger partial charge is 0.497 e. The zero-order valence-electron chi connectivity index (χ0n) is 21.6. The Morgan fingerprint density at radius 2 is 1.45 bits per heavy atom. The smallest absolute Gasteiger partial charge is 0.178 e. The van der Waals surface area contributed by atoms with Crippen molar-refractivity contribution >= 4 is 16.8 Å². The lowest BCUT2D eigenvalue weighted by atomic mass is 9.77. The summed E-state index contributed by atoms with van der Waals surface area (Å²) in [7, 11) is 1.67. The lowest BCUT2D eigenvalue weighted by Gasteiger charge is -2.38. The highest BCUT2D eigenvalue weighted by atomic mass is 19.1. The summed E-state index contributed by atoms with van der Waals surface area (Å²) in [6.45, 7) is 4.37. The van der Waals surface area contributed by atoms with Crippen LogP contribution in [0, 0.1) is 5.82 Å². The van der Waals surface area contributed by atoms with Gasteiger partial charge in [0.25, 0.3) is 0 Å². The summed E-state index contributed by atoms with van der Waals surface area (Å²) in [6.07, 6.45) is 4.38. The van der Waals surface area contributed by atoms with E-state index in [1.54, 1.807) is 19.2 Å².